The zero-order valence-electron chi connectivity index (χ0n) is 10.9. The summed E-state index contributed by atoms with van der Waals surface area (Å²) in [6, 6.07) is 10.6. The minimum Gasteiger partial charge on any atom is -0.355 e. The van der Waals surface area contributed by atoms with Crippen molar-refractivity contribution < 1.29 is 0 Å². The van der Waals surface area contributed by atoms with Crippen molar-refractivity contribution in [2.75, 3.05) is 27.2 Å². The van der Waals surface area contributed by atoms with Gasteiger partial charge in [-0.25, -0.2) is 0 Å². The average molecular weight is 231 g/mol. The quantitative estimate of drug-likeness (QED) is 0.622. The molecule has 1 N–H and O–H groups in total. The van der Waals surface area contributed by atoms with Gasteiger partial charge >= 0.3 is 0 Å². The molecule has 1 aromatic rings. The molecular formula is C14H21N3. The highest BCUT2D eigenvalue weighted by Crippen LogP contribution is 2.21. The summed E-state index contributed by atoms with van der Waals surface area (Å²) in [5.74, 6) is 1.27. The summed E-state index contributed by atoms with van der Waals surface area (Å²) in [6.07, 6.45) is 0. The Bertz CT molecular complexity index is 386. The van der Waals surface area contributed by atoms with Gasteiger partial charge in [-0.3, -0.25) is 5.41 Å². The van der Waals surface area contributed by atoms with Crippen LogP contribution >= 0.6 is 0 Å². The van der Waals surface area contributed by atoms with Crippen molar-refractivity contribution in [3.05, 3.63) is 35.9 Å². The van der Waals surface area contributed by atoms with Gasteiger partial charge in [0, 0.05) is 24.7 Å². The Labute approximate surface area is 104 Å². The number of likely N-dealkylation sites (N-methyl/N-ethyl adjacent to an activating group) is 1. The molecule has 17 heavy (non-hydrogen) atoms. The number of likely N-dealkylation sites (tertiary alicyclic amines) is 1. The second-order valence-electron chi connectivity index (χ2n) is 5.13. The van der Waals surface area contributed by atoms with Crippen molar-refractivity contribution in [1.29, 1.82) is 5.41 Å². The molecule has 0 radical (unpaired) electrons. The summed E-state index contributed by atoms with van der Waals surface area (Å²) in [4.78, 5) is 4.45. The van der Waals surface area contributed by atoms with Gasteiger partial charge in [-0.05, 0) is 20.0 Å². The molecular weight excluding hydrogens is 210 g/mol. The second-order valence-corrected chi connectivity index (χ2v) is 5.13. The molecule has 0 aliphatic carbocycles. The van der Waals surface area contributed by atoms with Crippen LogP contribution in [0.25, 0.3) is 0 Å². The maximum atomic E-state index is 8.26. The Morgan fingerprint density at radius 2 is 1.88 bits per heavy atom. The maximum Gasteiger partial charge on any atom is 0.128 e. The fourth-order valence-corrected chi connectivity index (χ4v) is 2.58. The topological polar surface area (TPSA) is 30.3 Å². The van der Waals surface area contributed by atoms with Gasteiger partial charge in [-0.1, -0.05) is 37.3 Å². The zero-order chi connectivity index (χ0) is 12.4. The first-order chi connectivity index (χ1) is 8.09. The predicted octanol–water partition coefficient (Wildman–Crippen LogP) is 1.89. The van der Waals surface area contributed by atoms with Gasteiger partial charge in [-0.15, -0.1) is 0 Å². The van der Waals surface area contributed by atoms with Crippen LogP contribution in [-0.2, 0) is 0 Å². The van der Waals surface area contributed by atoms with Gasteiger partial charge in [0.05, 0.1) is 0 Å². The summed E-state index contributed by atoms with van der Waals surface area (Å²) in [7, 11) is 4.24. The summed E-state index contributed by atoms with van der Waals surface area (Å²) in [6.45, 7) is 4.21. The first-order valence-electron chi connectivity index (χ1n) is 6.15. The van der Waals surface area contributed by atoms with Crippen molar-refractivity contribution in [2.45, 2.75) is 13.0 Å². The lowest BCUT2D eigenvalue weighted by atomic mass is 10.1. The minimum atomic E-state index is 0.555. The van der Waals surface area contributed by atoms with E-state index in [1.54, 1.807) is 0 Å². The van der Waals surface area contributed by atoms with Gasteiger partial charge in [0.25, 0.3) is 0 Å². The lowest BCUT2D eigenvalue weighted by molar-refractivity contribution is 0.262. The number of hydrogen-bond acceptors (Lipinski definition) is 2. The van der Waals surface area contributed by atoms with E-state index in [2.05, 4.69) is 30.8 Å². The Morgan fingerprint density at radius 3 is 2.41 bits per heavy atom. The Morgan fingerprint density at radius 1 is 1.24 bits per heavy atom. The average Bonchev–Trinajstić information content (AvgIpc) is 2.71. The normalized spacial score (nSPS) is 24.4. The lowest BCUT2D eigenvalue weighted by Crippen LogP contribution is -2.35. The zero-order valence-corrected chi connectivity index (χ0v) is 10.9. The maximum absolute atomic E-state index is 8.26. The van der Waals surface area contributed by atoms with Crippen molar-refractivity contribution >= 4 is 5.84 Å². The van der Waals surface area contributed by atoms with E-state index in [9.17, 15) is 0 Å². The molecule has 0 amide bonds. The van der Waals surface area contributed by atoms with E-state index in [1.807, 2.05) is 30.3 Å². The first kappa shape index (κ1) is 12.1. The van der Waals surface area contributed by atoms with Crippen molar-refractivity contribution in [3.8, 4) is 0 Å². The summed E-state index contributed by atoms with van der Waals surface area (Å²) in [5.41, 5.74) is 1.01. The van der Waals surface area contributed by atoms with Gasteiger partial charge < -0.3 is 9.80 Å². The second kappa shape index (κ2) is 4.88. The molecule has 0 spiro atoms. The Kier molecular flexibility index (Phi) is 3.48. The van der Waals surface area contributed by atoms with E-state index in [1.165, 1.54) is 0 Å². The van der Waals surface area contributed by atoms with E-state index >= 15 is 0 Å². The van der Waals surface area contributed by atoms with Gasteiger partial charge in [-0.2, -0.15) is 0 Å². The first-order valence-corrected chi connectivity index (χ1v) is 6.15. The highest BCUT2D eigenvalue weighted by molar-refractivity contribution is 5.96. The van der Waals surface area contributed by atoms with Crippen molar-refractivity contribution in [1.82, 2.24) is 9.80 Å². The van der Waals surface area contributed by atoms with Gasteiger partial charge in [0.2, 0.25) is 0 Å². The molecule has 2 rings (SSSR count). The smallest absolute Gasteiger partial charge is 0.128 e. The molecule has 2 atom stereocenters. The molecule has 0 saturated carbocycles. The van der Waals surface area contributed by atoms with Crippen LogP contribution in [-0.4, -0.2) is 48.9 Å². The highest BCUT2D eigenvalue weighted by atomic mass is 15.3. The van der Waals surface area contributed by atoms with Crippen molar-refractivity contribution in [2.24, 2.45) is 5.92 Å². The van der Waals surface area contributed by atoms with Crippen LogP contribution in [0, 0.1) is 11.3 Å². The minimum absolute atomic E-state index is 0.555. The van der Waals surface area contributed by atoms with E-state index in [0.29, 0.717) is 17.8 Å². The molecule has 1 heterocycles. The summed E-state index contributed by atoms with van der Waals surface area (Å²) >= 11 is 0. The molecule has 1 saturated heterocycles. The van der Waals surface area contributed by atoms with Gasteiger partial charge in [0.1, 0.15) is 5.84 Å². The number of benzene rings is 1. The third-order valence-corrected chi connectivity index (χ3v) is 3.60. The number of amidine groups is 1. The molecule has 0 bridgehead atoms. The summed E-state index contributed by atoms with van der Waals surface area (Å²) in [5, 5.41) is 8.26. The number of hydrogen-bond donors (Lipinski definition) is 1. The van der Waals surface area contributed by atoms with Crippen LogP contribution in [0.2, 0.25) is 0 Å². The third-order valence-electron chi connectivity index (χ3n) is 3.60. The van der Waals surface area contributed by atoms with Crippen LogP contribution in [0.1, 0.15) is 12.5 Å². The summed E-state index contributed by atoms with van der Waals surface area (Å²) < 4.78 is 0. The fraction of sp³-hybridized carbons (Fsp3) is 0.500. The monoisotopic (exact) mass is 231 g/mol. The molecule has 2 unspecified atom stereocenters. The number of nitrogens with zero attached hydrogens (tertiary/aromatic N) is 2. The van der Waals surface area contributed by atoms with E-state index in [0.717, 1.165) is 18.7 Å². The van der Waals surface area contributed by atoms with Crippen LogP contribution in [0.3, 0.4) is 0 Å². The molecule has 3 heteroatoms. The molecule has 1 aromatic carbocycles. The van der Waals surface area contributed by atoms with Crippen LogP contribution in [0.4, 0.5) is 0 Å². The van der Waals surface area contributed by atoms with E-state index < -0.39 is 0 Å². The standard InChI is InChI=1S/C14H21N3/c1-11-9-17(10-13(11)16(2)3)14(15)12-7-5-4-6-8-12/h4-8,11,13,15H,9-10H2,1-3H3. The van der Waals surface area contributed by atoms with E-state index in [4.69, 9.17) is 5.41 Å². The number of rotatable bonds is 2. The SMILES string of the molecule is CC1CN(C(=N)c2ccccc2)CC1N(C)C. The Hall–Kier alpha value is -1.35. The highest BCUT2D eigenvalue weighted by Gasteiger charge is 2.32. The lowest BCUT2D eigenvalue weighted by Gasteiger charge is -2.23. The van der Waals surface area contributed by atoms with Crippen LogP contribution in [0.5, 0.6) is 0 Å². The van der Waals surface area contributed by atoms with Crippen LogP contribution in [0.15, 0.2) is 30.3 Å². The van der Waals surface area contributed by atoms with Crippen LogP contribution < -0.4 is 0 Å². The molecule has 1 aliphatic rings. The van der Waals surface area contributed by atoms with Crippen molar-refractivity contribution in [3.63, 3.8) is 0 Å². The molecule has 1 aliphatic heterocycles. The Balaban J connectivity index is 2.08. The van der Waals surface area contributed by atoms with Gasteiger partial charge in [0.15, 0.2) is 0 Å². The molecule has 92 valence electrons. The molecule has 0 aromatic heterocycles. The number of nitrogens with one attached hydrogen (secondary N) is 1. The molecule has 3 nitrogen and oxygen atoms in total. The molecule has 1 fully saturated rings. The fourth-order valence-electron chi connectivity index (χ4n) is 2.58. The van der Waals surface area contributed by atoms with E-state index in [-0.39, 0.29) is 0 Å². The largest absolute Gasteiger partial charge is 0.355 e. The third kappa shape index (κ3) is 2.50. The predicted molar refractivity (Wildman–Crippen MR) is 71.5 cm³/mol.